The first kappa shape index (κ1) is 9.83. The third-order valence-corrected chi connectivity index (χ3v) is 0.898. The zero-order valence-electron chi connectivity index (χ0n) is 6.94. The summed E-state index contributed by atoms with van der Waals surface area (Å²) in [6, 6.07) is 0. The second kappa shape index (κ2) is 6.94. The molecule has 0 aromatic heterocycles. The molecule has 3 nitrogen and oxygen atoms in total. The lowest BCUT2D eigenvalue weighted by Gasteiger charge is -1.99. The zero-order valence-corrected chi connectivity index (χ0v) is 6.94. The number of carbonyl (C=O) groups excluding carboxylic acids is 1. The molecule has 0 aromatic carbocycles. The summed E-state index contributed by atoms with van der Waals surface area (Å²) in [7, 11) is 0. The van der Waals surface area contributed by atoms with Crippen LogP contribution in [0.15, 0.2) is 0 Å². The van der Waals surface area contributed by atoms with Gasteiger partial charge in [0.25, 0.3) is 0 Å². The lowest BCUT2D eigenvalue weighted by molar-refractivity contribution is 0.153. The second-order valence-corrected chi connectivity index (χ2v) is 1.78. The van der Waals surface area contributed by atoms with E-state index in [-0.39, 0.29) is 1.43 Å². The quantitative estimate of drug-likeness (QED) is 0.615. The van der Waals surface area contributed by atoms with Gasteiger partial charge in [0.2, 0.25) is 0 Å². The van der Waals surface area contributed by atoms with Crippen molar-refractivity contribution in [2.24, 2.45) is 0 Å². The zero-order chi connectivity index (χ0) is 8.53. The van der Waals surface area contributed by atoms with Gasteiger partial charge in [-0.2, -0.15) is 0 Å². The van der Waals surface area contributed by atoms with Gasteiger partial charge in [-0.25, -0.2) is 4.79 Å². The number of alkyl carbamates (subject to hydrolysis) is 1. The van der Waals surface area contributed by atoms with Crippen molar-refractivity contribution in [1.29, 1.82) is 0 Å². The van der Waals surface area contributed by atoms with Crippen molar-refractivity contribution in [2.75, 3.05) is 13.2 Å². The summed E-state index contributed by atoms with van der Waals surface area (Å²) in [6.07, 6.45) is 0.405. The van der Waals surface area contributed by atoms with Gasteiger partial charge in [-0.05, 0) is 6.92 Å². The predicted molar refractivity (Wildman–Crippen MR) is 45.2 cm³/mol. The maximum absolute atomic E-state index is 10.6. The minimum absolute atomic E-state index is 0. The Morgan fingerprint density at radius 1 is 1.55 bits per heavy atom. The van der Waals surface area contributed by atoms with Gasteiger partial charge in [0.1, 0.15) is 0 Å². The van der Waals surface area contributed by atoms with Crippen LogP contribution in [0.2, 0.25) is 0 Å². The minimum atomic E-state index is -0.405. The maximum atomic E-state index is 10.6. The third kappa shape index (κ3) is 6.72. The van der Waals surface area contributed by atoms with Crippen molar-refractivity contribution < 1.29 is 11.0 Å². The first-order chi connectivity index (χ1) is 5.31. The number of amides is 1. The summed E-state index contributed by atoms with van der Waals surface area (Å²) in [5.74, 6) is 5.59. The number of carbonyl (C=O) groups is 1. The molecule has 1 amide bonds. The first-order valence-electron chi connectivity index (χ1n) is 3.67. The minimum Gasteiger partial charge on any atom is -0.450 e. The molecule has 0 heterocycles. The molecule has 0 aliphatic rings. The van der Waals surface area contributed by atoms with E-state index < -0.39 is 6.09 Å². The maximum Gasteiger partial charge on any atom is 0.407 e. The Balaban J connectivity index is 0. The Kier molecular flexibility index (Phi) is 6.20. The molecule has 0 saturated carbocycles. The number of nitrogens with one attached hydrogen (secondary N) is 1. The molecule has 0 aliphatic carbocycles. The van der Waals surface area contributed by atoms with Crippen molar-refractivity contribution in [2.45, 2.75) is 20.3 Å². The standard InChI is InChI=1S/C8H13NO2.H2/c1-3-5-6-7-9-8(10)11-4-2;/h3-4,7H2,1-2H3,(H,9,10);1H. The summed E-state index contributed by atoms with van der Waals surface area (Å²) >= 11 is 0. The Morgan fingerprint density at radius 2 is 2.27 bits per heavy atom. The second-order valence-electron chi connectivity index (χ2n) is 1.78. The summed E-state index contributed by atoms with van der Waals surface area (Å²) < 4.78 is 4.60. The molecule has 0 unspecified atom stereocenters. The van der Waals surface area contributed by atoms with E-state index in [0.29, 0.717) is 13.2 Å². The molecule has 0 spiro atoms. The third-order valence-electron chi connectivity index (χ3n) is 0.898. The van der Waals surface area contributed by atoms with Crippen molar-refractivity contribution in [3.63, 3.8) is 0 Å². The fourth-order valence-corrected chi connectivity index (χ4v) is 0.486. The van der Waals surface area contributed by atoms with Gasteiger partial charge in [-0.1, -0.05) is 12.8 Å². The van der Waals surface area contributed by atoms with E-state index in [1.807, 2.05) is 6.92 Å². The molecule has 0 rings (SSSR count). The lowest BCUT2D eigenvalue weighted by atomic mass is 10.5. The molecule has 0 atom stereocenters. The van der Waals surface area contributed by atoms with Gasteiger partial charge in [0, 0.05) is 7.85 Å². The van der Waals surface area contributed by atoms with E-state index in [2.05, 4.69) is 21.9 Å². The molecule has 0 bridgehead atoms. The van der Waals surface area contributed by atoms with E-state index >= 15 is 0 Å². The number of rotatable bonds is 2. The Hall–Kier alpha value is -1.17. The Bertz CT molecular complexity index is 172. The van der Waals surface area contributed by atoms with Gasteiger partial charge in [-0.3, -0.25) is 0 Å². The van der Waals surface area contributed by atoms with E-state index in [1.165, 1.54) is 0 Å². The number of hydrogen-bond acceptors (Lipinski definition) is 2. The SMILES string of the molecule is CCC#CCNC(=O)OCC.[HH]. The fraction of sp³-hybridized carbons (Fsp3) is 0.625. The Labute approximate surface area is 68.6 Å². The number of ether oxygens (including phenoxy) is 1. The predicted octanol–water partition coefficient (Wildman–Crippen LogP) is 1.39. The Morgan fingerprint density at radius 3 is 2.82 bits per heavy atom. The summed E-state index contributed by atoms with van der Waals surface area (Å²) in [5.41, 5.74) is 0. The van der Waals surface area contributed by atoms with E-state index in [0.717, 1.165) is 6.42 Å². The highest BCUT2D eigenvalue weighted by Gasteiger charge is 1.94. The molecule has 0 aliphatic heterocycles. The molecule has 64 valence electrons. The van der Waals surface area contributed by atoms with Gasteiger partial charge >= 0.3 is 6.09 Å². The van der Waals surface area contributed by atoms with Crippen molar-refractivity contribution in [1.82, 2.24) is 5.32 Å². The lowest BCUT2D eigenvalue weighted by Crippen LogP contribution is -2.24. The first-order valence-corrected chi connectivity index (χ1v) is 3.67. The van der Waals surface area contributed by atoms with Gasteiger partial charge in [0.05, 0.1) is 13.2 Å². The van der Waals surface area contributed by atoms with Crippen LogP contribution < -0.4 is 5.32 Å². The van der Waals surface area contributed by atoms with Gasteiger partial charge in [0.15, 0.2) is 0 Å². The van der Waals surface area contributed by atoms with E-state index in [9.17, 15) is 4.79 Å². The fourth-order valence-electron chi connectivity index (χ4n) is 0.486. The number of hydrogen-bond donors (Lipinski definition) is 1. The average Bonchev–Trinajstić information content (AvgIpc) is 1.99. The van der Waals surface area contributed by atoms with Crippen LogP contribution >= 0.6 is 0 Å². The van der Waals surface area contributed by atoms with Crippen molar-refractivity contribution in [3.05, 3.63) is 0 Å². The van der Waals surface area contributed by atoms with Crippen LogP contribution in [0.25, 0.3) is 0 Å². The molecule has 0 radical (unpaired) electrons. The monoisotopic (exact) mass is 157 g/mol. The molecule has 3 heteroatoms. The molecule has 1 N–H and O–H groups in total. The van der Waals surface area contributed by atoms with E-state index in [4.69, 9.17) is 0 Å². The smallest absolute Gasteiger partial charge is 0.407 e. The summed E-state index contributed by atoms with van der Waals surface area (Å²) in [5, 5.41) is 2.48. The average molecular weight is 157 g/mol. The van der Waals surface area contributed by atoms with Crippen LogP contribution in [-0.2, 0) is 4.74 Å². The molecule has 11 heavy (non-hydrogen) atoms. The van der Waals surface area contributed by atoms with Crippen molar-refractivity contribution >= 4 is 6.09 Å². The molecule has 0 saturated heterocycles. The molecular formula is C8H15NO2. The van der Waals surface area contributed by atoms with Crippen LogP contribution in [0, 0.1) is 11.8 Å². The van der Waals surface area contributed by atoms with Crippen LogP contribution in [0.5, 0.6) is 0 Å². The molecular weight excluding hydrogens is 142 g/mol. The topological polar surface area (TPSA) is 38.3 Å². The molecule has 0 fully saturated rings. The highest BCUT2D eigenvalue weighted by Crippen LogP contribution is 1.74. The van der Waals surface area contributed by atoms with Gasteiger partial charge in [-0.15, -0.1) is 5.92 Å². The van der Waals surface area contributed by atoms with Crippen LogP contribution in [0.3, 0.4) is 0 Å². The van der Waals surface area contributed by atoms with Crippen LogP contribution in [0.1, 0.15) is 21.7 Å². The highest BCUT2D eigenvalue weighted by atomic mass is 16.5. The highest BCUT2D eigenvalue weighted by molar-refractivity contribution is 5.67. The normalized spacial score (nSPS) is 7.82. The molecule has 0 aromatic rings. The van der Waals surface area contributed by atoms with Crippen molar-refractivity contribution in [3.8, 4) is 11.8 Å². The van der Waals surface area contributed by atoms with E-state index in [1.54, 1.807) is 6.92 Å². The van der Waals surface area contributed by atoms with Crippen LogP contribution in [0.4, 0.5) is 4.79 Å². The van der Waals surface area contributed by atoms with Crippen LogP contribution in [-0.4, -0.2) is 19.2 Å². The van der Waals surface area contributed by atoms with Gasteiger partial charge < -0.3 is 10.1 Å². The summed E-state index contributed by atoms with van der Waals surface area (Å²) in [6.45, 7) is 4.48. The summed E-state index contributed by atoms with van der Waals surface area (Å²) in [4.78, 5) is 10.6. The largest absolute Gasteiger partial charge is 0.450 e.